The van der Waals surface area contributed by atoms with E-state index < -0.39 is 48.6 Å². The highest BCUT2D eigenvalue weighted by Crippen LogP contribution is 2.30. The van der Waals surface area contributed by atoms with Crippen LogP contribution in [0.4, 0.5) is 0 Å². The Morgan fingerprint density at radius 3 is 2.41 bits per heavy atom. The molecule has 2 rings (SSSR count). The summed E-state index contributed by atoms with van der Waals surface area (Å²) in [6.45, 7) is 5.30. The van der Waals surface area contributed by atoms with Crippen molar-refractivity contribution in [2.75, 3.05) is 6.61 Å². The van der Waals surface area contributed by atoms with Crippen molar-refractivity contribution in [2.24, 2.45) is 5.73 Å². The molecule has 1 aliphatic heterocycles. The van der Waals surface area contributed by atoms with Gasteiger partial charge < -0.3 is 39.6 Å². The maximum atomic E-state index is 12.6. The van der Waals surface area contributed by atoms with Gasteiger partial charge in [0.2, 0.25) is 6.29 Å². The lowest BCUT2D eigenvalue weighted by Gasteiger charge is -2.42. The first-order chi connectivity index (χ1) is 15.2. The number of aliphatic hydroxyl groups is 2. The zero-order chi connectivity index (χ0) is 23.8. The predicted octanol–water partition coefficient (Wildman–Crippen LogP) is -0.305. The fourth-order valence-corrected chi connectivity index (χ4v) is 3.11. The first kappa shape index (κ1) is 25.3. The number of carbonyl (C=O) groups excluding carboxylic acids is 3. The number of carbonyl (C=O) groups is 3. The molecule has 4 N–H and O–H groups in total. The standard InChI is InChI=1S/C21H27NO10/c1-4-7-28-20(27)19-18(30-12(3)25)17(29-11(2)24)16(26)21(32-19)31-15-6-5-13(10-23)8-14(15)9-22/h4-6,8,16-19,21,23,26H,1,7,9-10,22H2,2-3H3/t16-,17-,18+,19+,21-/m1/s1. The summed E-state index contributed by atoms with van der Waals surface area (Å²) >= 11 is 0. The molecular weight excluding hydrogens is 426 g/mol. The van der Waals surface area contributed by atoms with Crippen molar-refractivity contribution in [1.82, 2.24) is 0 Å². The third-order valence-corrected chi connectivity index (χ3v) is 4.47. The van der Waals surface area contributed by atoms with Crippen molar-refractivity contribution in [1.29, 1.82) is 0 Å². The largest absolute Gasteiger partial charge is 0.462 e. The molecule has 0 bridgehead atoms. The molecule has 5 atom stereocenters. The molecule has 11 heteroatoms. The summed E-state index contributed by atoms with van der Waals surface area (Å²) < 4.78 is 26.6. The monoisotopic (exact) mass is 453 g/mol. The van der Waals surface area contributed by atoms with E-state index >= 15 is 0 Å². The summed E-state index contributed by atoms with van der Waals surface area (Å²) in [5, 5.41) is 20.1. The molecule has 1 heterocycles. The average Bonchev–Trinajstić information content (AvgIpc) is 2.75. The normalized spacial score (nSPS) is 24.8. The van der Waals surface area contributed by atoms with Crippen LogP contribution in [0, 0.1) is 0 Å². The van der Waals surface area contributed by atoms with E-state index in [0.29, 0.717) is 11.1 Å². The first-order valence-electron chi connectivity index (χ1n) is 9.76. The second-order valence-corrected chi connectivity index (χ2v) is 6.90. The third-order valence-electron chi connectivity index (χ3n) is 4.47. The molecule has 1 fully saturated rings. The van der Waals surface area contributed by atoms with Crippen LogP contribution in [0.25, 0.3) is 0 Å². The Hall–Kier alpha value is -2.99. The first-order valence-corrected chi connectivity index (χ1v) is 9.76. The van der Waals surface area contributed by atoms with Gasteiger partial charge in [-0.3, -0.25) is 9.59 Å². The van der Waals surface area contributed by atoms with Crippen LogP contribution in [0.3, 0.4) is 0 Å². The maximum Gasteiger partial charge on any atom is 0.339 e. The van der Waals surface area contributed by atoms with Crippen molar-refractivity contribution in [3.8, 4) is 5.75 Å². The van der Waals surface area contributed by atoms with Crippen LogP contribution < -0.4 is 10.5 Å². The van der Waals surface area contributed by atoms with E-state index in [-0.39, 0.29) is 25.5 Å². The second kappa shape index (κ2) is 11.6. The highest BCUT2D eigenvalue weighted by molar-refractivity contribution is 5.77. The van der Waals surface area contributed by atoms with E-state index in [0.717, 1.165) is 13.8 Å². The molecule has 0 aromatic heterocycles. The van der Waals surface area contributed by atoms with Crippen LogP contribution in [0.15, 0.2) is 30.9 Å². The number of esters is 3. The van der Waals surface area contributed by atoms with Crippen molar-refractivity contribution >= 4 is 17.9 Å². The highest BCUT2D eigenvalue weighted by atomic mass is 16.7. The molecule has 1 aromatic rings. The van der Waals surface area contributed by atoms with Gasteiger partial charge in [0.1, 0.15) is 12.4 Å². The number of hydrogen-bond donors (Lipinski definition) is 3. The number of ether oxygens (including phenoxy) is 5. The van der Waals surface area contributed by atoms with E-state index in [1.165, 1.54) is 12.1 Å². The van der Waals surface area contributed by atoms with E-state index in [9.17, 15) is 24.6 Å². The molecule has 32 heavy (non-hydrogen) atoms. The van der Waals surface area contributed by atoms with E-state index in [1.807, 2.05) is 0 Å². The van der Waals surface area contributed by atoms with Gasteiger partial charge >= 0.3 is 17.9 Å². The number of nitrogens with two attached hydrogens (primary N) is 1. The van der Waals surface area contributed by atoms with Crippen LogP contribution in [0.5, 0.6) is 5.75 Å². The molecule has 11 nitrogen and oxygen atoms in total. The van der Waals surface area contributed by atoms with Gasteiger partial charge in [-0.15, -0.1) is 0 Å². The Balaban J connectivity index is 2.40. The SMILES string of the molecule is C=CCOC(=O)[C@H]1O[C@@H](Oc2ccc(CO)cc2CN)[C@H](O)[C@@H](OC(C)=O)[C@@H]1OC(C)=O. The highest BCUT2D eigenvalue weighted by Gasteiger charge is 2.53. The third kappa shape index (κ3) is 6.26. The minimum atomic E-state index is -1.64. The average molecular weight is 453 g/mol. The van der Waals surface area contributed by atoms with Gasteiger partial charge in [-0.25, -0.2) is 4.79 Å². The van der Waals surface area contributed by atoms with Gasteiger partial charge in [0.05, 0.1) is 6.61 Å². The molecule has 0 spiro atoms. The van der Waals surface area contributed by atoms with E-state index in [2.05, 4.69) is 6.58 Å². The van der Waals surface area contributed by atoms with Crippen LogP contribution >= 0.6 is 0 Å². The van der Waals surface area contributed by atoms with E-state index in [4.69, 9.17) is 29.4 Å². The topological polar surface area (TPSA) is 164 Å². The van der Waals surface area contributed by atoms with Crippen LogP contribution in [-0.2, 0) is 46.5 Å². The van der Waals surface area contributed by atoms with Crippen molar-refractivity contribution in [2.45, 2.75) is 57.7 Å². The van der Waals surface area contributed by atoms with E-state index in [1.54, 1.807) is 12.1 Å². The fourth-order valence-electron chi connectivity index (χ4n) is 3.11. The second-order valence-electron chi connectivity index (χ2n) is 6.90. The van der Waals surface area contributed by atoms with Gasteiger partial charge in [0.25, 0.3) is 0 Å². The van der Waals surface area contributed by atoms with Gasteiger partial charge in [-0.2, -0.15) is 0 Å². The molecule has 1 saturated heterocycles. The van der Waals surface area contributed by atoms with Gasteiger partial charge in [-0.05, 0) is 17.7 Å². The van der Waals surface area contributed by atoms with Gasteiger partial charge in [0.15, 0.2) is 24.4 Å². The Morgan fingerprint density at radius 2 is 1.84 bits per heavy atom. The minimum absolute atomic E-state index is 0.0419. The molecule has 1 aliphatic rings. The molecular formula is C21H27NO10. The van der Waals surface area contributed by atoms with Crippen LogP contribution in [-0.4, -0.2) is 65.4 Å². The summed E-state index contributed by atoms with van der Waals surface area (Å²) in [5.41, 5.74) is 6.81. The zero-order valence-electron chi connectivity index (χ0n) is 17.8. The quantitative estimate of drug-likeness (QED) is 0.255. The molecule has 0 unspecified atom stereocenters. The number of hydrogen-bond acceptors (Lipinski definition) is 11. The van der Waals surface area contributed by atoms with Crippen molar-refractivity contribution in [3.05, 3.63) is 42.0 Å². The molecule has 0 amide bonds. The lowest BCUT2D eigenvalue weighted by molar-refractivity contribution is -0.279. The van der Waals surface area contributed by atoms with Gasteiger partial charge in [-0.1, -0.05) is 18.7 Å². The number of benzene rings is 1. The molecule has 1 aromatic carbocycles. The van der Waals surface area contributed by atoms with Crippen molar-refractivity contribution < 1.29 is 48.3 Å². The van der Waals surface area contributed by atoms with Gasteiger partial charge in [0, 0.05) is 26.0 Å². The number of rotatable bonds is 9. The lowest BCUT2D eigenvalue weighted by Crippen LogP contribution is -2.63. The zero-order valence-corrected chi connectivity index (χ0v) is 17.8. The number of aliphatic hydroxyl groups excluding tert-OH is 2. The Labute approximate surface area is 184 Å². The van der Waals surface area contributed by atoms with Crippen LogP contribution in [0.2, 0.25) is 0 Å². The Kier molecular flexibility index (Phi) is 9.14. The summed E-state index contributed by atoms with van der Waals surface area (Å²) in [4.78, 5) is 35.8. The molecule has 0 aliphatic carbocycles. The molecule has 0 saturated carbocycles. The Morgan fingerprint density at radius 1 is 1.19 bits per heavy atom. The summed E-state index contributed by atoms with van der Waals surface area (Å²) in [6.07, 6.45) is -6.39. The summed E-state index contributed by atoms with van der Waals surface area (Å²) in [6, 6.07) is 4.68. The maximum absolute atomic E-state index is 12.6. The molecule has 0 radical (unpaired) electrons. The Bertz CT molecular complexity index is 842. The van der Waals surface area contributed by atoms with Crippen LogP contribution in [0.1, 0.15) is 25.0 Å². The summed E-state index contributed by atoms with van der Waals surface area (Å²) in [7, 11) is 0. The minimum Gasteiger partial charge on any atom is -0.462 e. The smallest absolute Gasteiger partial charge is 0.339 e. The van der Waals surface area contributed by atoms with Crippen molar-refractivity contribution in [3.63, 3.8) is 0 Å². The lowest BCUT2D eigenvalue weighted by atomic mass is 9.98. The fraction of sp³-hybridized carbons (Fsp3) is 0.476. The predicted molar refractivity (Wildman–Crippen MR) is 108 cm³/mol. The molecule has 176 valence electrons. The summed E-state index contributed by atoms with van der Waals surface area (Å²) in [5.74, 6) is -2.32.